The van der Waals surface area contributed by atoms with Gasteiger partial charge in [0.15, 0.2) is 0 Å². The van der Waals surface area contributed by atoms with Gasteiger partial charge in [-0.15, -0.1) is 0 Å². The molecular weight excluding hydrogens is 404 g/mol. The fraction of sp³-hybridized carbons (Fsp3) is 0.389. The molecule has 0 bridgehead atoms. The summed E-state index contributed by atoms with van der Waals surface area (Å²) in [7, 11) is 0. The average molecular weight is 423 g/mol. The van der Waals surface area contributed by atoms with Crippen LogP contribution in [-0.4, -0.2) is 40.3 Å². The summed E-state index contributed by atoms with van der Waals surface area (Å²) in [6, 6.07) is 5.03. The van der Waals surface area contributed by atoms with Gasteiger partial charge in [-0.3, -0.25) is 29.9 Å². The number of piperidine rings is 1. The van der Waals surface area contributed by atoms with Crippen LogP contribution in [0.5, 0.6) is 0 Å². The third kappa shape index (κ3) is 4.72. The minimum absolute atomic E-state index is 0.166. The van der Waals surface area contributed by atoms with Crippen molar-refractivity contribution in [2.45, 2.75) is 25.3 Å². The van der Waals surface area contributed by atoms with Gasteiger partial charge in [-0.05, 0) is 38.1 Å². The summed E-state index contributed by atoms with van der Waals surface area (Å²) in [6.07, 6.45) is 4.76. The van der Waals surface area contributed by atoms with Crippen LogP contribution in [0.25, 0.3) is 0 Å². The predicted molar refractivity (Wildman–Crippen MR) is 104 cm³/mol. The average Bonchev–Trinajstić information content (AvgIpc) is 3.23. The van der Waals surface area contributed by atoms with Gasteiger partial charge >= 0.3 is 0 Å². The minimum Gasteiger partial charge on any atom is -0.468 e. The lowest BCUT2D eigenvalue weighted by molar-refractivity contribution is -0.394. The lowest BCUT2D eigenvalue weighted by Crippen LogP contribution is -2.40. The molecule has 1 unspecified atom stereocenters. The van der Waals surface area contributed by atoms with Crippen LogP contribution in [0.3, 0.4) is 0 Å². The topological polar surface area (TPSA) is 132 Å². The van der Waals surface area contributed by atoms with E-state index < -0.39 is 32.2 Å². The molecule has 154 valence electrons. The van der Waals surface area contributed by atoms with Crippen LogP contribution in [0.1, 0.15) is 41.4 Å². The third-order valence-corrected chi connectivity index (χ3v) is 5.25. The number of halogens is 1. The molecule has 0 saturated carbocycles. The summed E-state index contributed by atoms with van der Waals surface area (Å²) in [6.45, 7) is 1.87. The van der Waals surface area contributed by atoms with E-state index in [1.807, 2.05) is 6.07 Å². The van der Waals surface area contributed by atoms with Crippen LogP contribution in [0.4, 0.5) is 11.4 Å². The van der Waals surface area contributed by atoms with Gasteiger partial charge in [0, 0.05) is 12.6 Å². The van der Waals surface area contributed by atoms with Crippen LogP contribution in [0, 0.1) is 20.2 Å². The molecule has 0 radical (unpaired) electrons. The first-order chi connectivity index (χ1) is 13.9. The molecule has 0 aliphatic carbocycles. The highest BCUT2D eigenvalue weighted by atomic mass is 35.5. The SMILES string of the molecule is O=C(NCC(c1ccco1)N1CCCCC1)c1cc([N+](=O)[O-])cc([N+](=O)[O-])c1Cl. The first-order valence-corrected chi connectivity index (χ1v) is 9.44. The number of hydrogen-bond acceptors (Lipinski definition) is 7. The van der Waals surface area contributed by atoms with Gasteiger partial charge in [0.2, 0.25) is 0 Å². The fourth-order valence-electron chi connectivity index (χ4n) is 3.40. The van der Waals surface area contributed by atoms with Gasteiger partial charge < -0.3 is 9.73 Å². The Labute approximate surface area is 170 Å². The van der Waals surface area contributed by atoms with E-state index in [9.17, 15) is 25.0 Å². The highest BCUT2D eigenvalue weighted by molar-refractivity contribution is 6.36. The normalized spacial score (nSPS) is 15.6. The highest BCUT2D eigenvalue weighted by Crippen LogP contribution is 2.33. The summed E-state index contributed by atoms with van der Waals surface area (Å²) >= 11 is 5.98. The quantitative estimate of drug-likeness (QED) is 0.531. The van der Waals surface area contributed by atoms with Crippen molar-refractivity contribution in [3.05, 3.63) is 67.1 Å². The number of likely N-dealkylation sites (tertiary alicyclic amines) is 1. The van der Waals surface area contributed by atoms with E-state index in [0.717, 1.165) is 44.5 Å². The maximum atomic E-state index is 12.7. The molecule has 29 heavy (non-hydrogen) atoms. The van der Waals surface area contributed by atoms with Crippen molar-refractivity contribution in [1.29, 1.82) is 0 Å². The molecule has 1 aromatic carbocycles. The maximum absolute atomic E-state index is 12.7. The summed E-state index contributed by atoms with van der Waals surface area (Å²) in [4.78, 5) is 35.4. The molecule has 1 aliphatic heterocycles. The zero-order chi connectivity index (χ0) is 21.0. The Bertz CT molecular complexity index is 911. The van der Waals surface area contributed by atoms with Crippen LogP contribution in [-0.2, 0) is 0 Å². The molecule has 1 aliphatic rings. The van der Waals surface area contributed by atoms with Gasteiger partial charge in [0.1, 0.15) is 10.8 Å². The van der Waals surface area contributed by atoms with Crippen molar-refractivity contribution >= 4 is 28.9 Å². The lowest BCUT2D eigenvalue weighted by atomic mass is 10.1. The van der Waals surface area contributed by atoms with E-state index in [4.69, 9.17) is 16.0 Å². The van der Waals surface area contributed by atoms with E-state index in [0.29, 0.717) is 5.76 Å². The van der Waals surface area contributed by atoms with Crippen LogP contribution in [0.2, 0.25) is 5.02 Å². The van der Waals surface area contributed by atoms with Crippen molar-refractivity contribution < 1.29 is 19.1 Å². The number of furan rings is 1. The van der Waals surface area contributed by atoms with Gasteiger partial charge in [-0.2, -0.15) is 0 Å². The van der Waals surface area contributed by atoms with Gasteiger partial charge in [-0.1, -0.05) is 18.0 Å². The second-order valence-electron chi connectivity index (χ2n) is 6.68. The molecule has 11 heteroatoms. The summed E-state index contributed by atoms with van der Waals surface area (Å²) in [5, 5.41) is 24.5. The zero-order valence-corrected chi connectivity index (χ0v) is 16.1. The van der Waals surface area contributed by atoms with Crippen molar-refractivity contribution in [2.75, 3.05) is 19.6 Å². The highest BCUT2D eigenvalue weighted by Gasteiger charge is 2.28. The molecule has 1 amide bonds. The molecule has 0 spiro atoms. The minimum atomic E-state index is -0.856. The number of rotatable bonds is 7. The molecule has 1 saturated heterocycles. The molecular formula is C18H19ClN4O6. The number of non-ortho nitro benzene ring substituents is 1. The van der Waals surface area contributed by atoms with Crippen LogP contribution >= 0.6 is 11.6 Å². The van der Waals surface area contributed by atoms with E-state index in [1.54, 1.807) is 12.3 Å². The van der Waals surface area contributed by atoms with E-state index >= 15 is 0 Å². The van der Waals surface area contributed by atoms with Crippen molar-refractivity contribution in [1.82, 2.24) is 10.2 Å². The largest absolute Gasteiger partial charge is 0.468 e. The summed E-state index contributed by atoms with van der Waals surface area (Å²) in [5.74, 6) is -0.0429. The number of nitro benzene ring substituents is 2. The Balaban J connectivity index is 1.83. The zero-order valence-electron chi connectivity index (χ0n) is 15.4. The second kappa shape index (κ2) is 9.01. The third-order valence-electron chi connectivity index (χ3n) is 4.85. The molecule has 1 aromatic heterocycles. The number of nitrogens with one attached hydrogen (secondary N) is 1. The number of carbonyl (C=O) groups excluding carboxylic acids is 1. The van der Waals surface area contributed by atoms with Gasteiger partial charge in [0.05, 0.1) is 33.8 Å². The lowest BCUT2D eigenvalue weighted by Gasteiger charge is -2.33. The molecule has 1 fully saturated rings. The Kier molecular flexibility index (Phi) is 6.45. The number of carbonyl (C=O) groups is 1. The first kappa shape index (κ1) is 20.7. The van der Waals surface area contributed by atoms with Gasteiger partial charge in [-0.25, -0.2) is 0 Å². The smallest absolute Gasteiger partial charge is 0.295 e. The fourth-order valence-corrected chi connectivity index (χ4v) is 3.67. The van der Waals surface area contributed by atoms with Crippen molar-refractivity contribution in [2.24, 2.45) is 0 Å². The van der Waals surface area contributed by atoms with E-state index in [-0.39, 0.29) is 18.2 Å². The number of nitro groups is 2. The number of hydrogen-bond donors (Lipinski definition) is 1. The van der Waals surface area contributed by atoms with Crippen LogP contribution in [0.15, 0.2) is 34.9 Å². The first-order valence-electron chi connectivity index (χ1n) is 9.06. The van der Waals surface area contributed by atoms with Crippen molar-refractivity contribution in [3.63, 3.8) is 0 Å². The standard InChI is InChI=1S/C18H19ClN4O6/c19-17-13(9-12(22(25)26)10-14(17)23(27)28)18(24)20-11-15(16-5-4-8-29-16)21-6-2-1-3-7-21/h4-5,8-10,15H,1-3,6-7,11H2,(H,20,24). The maximum Gasteiger partial charge on any atom is 0.295 e. The van der Waals surface area contributed by atoms with Crippen LogP contribution < -0.4 is 5.32 Å². The Morgan fingerprint density at radius 1 is 1.21 bits per heavy atom. The molecule has 10 nitrogen and oxygen atoms in total. The Hall–Kier alpha value is -2.98. The van der Waals surface area contributed by atoms with Gasteiger partial charge in [0.25, 0.3) is 17.3 Å². The molecule has 1 N–H and O–H groups in total. The number of nitrogens with zero attached hydrogens (tertiary/aromatic N) is 3. The molecule has 1 atom stereocenters. The van der Waals surface area contributed by atoms with E-state index in [2.05, 4.69) is 10.2 Å². The molecule has 2 heterocycles. The molecule has 3 rings (SSSR count). The molecule has 2 aromatic rings. The Morgan fingerprint density at radius 3 is 2.52 bits per heavy atom. The Morgan fingerprint density at radius 2 is 1.93 bits per heavy atom. The number of benzene rings is 1. The second-order valence-corrected chi connectivity index (χ2v) is 7.06. The monoisotopic (exact) mass is 422 g/mol. The predicted octanol–water partition coefficient (Wildman–Crippen LogP) is 3.71. The summed E-state index contributed by atoms with van der Waals surface area (Å²) < 4.78 is 5.51. The van der Waals surface area contributed by atoms with Crippen molar-refractivity contribution in [3.8, 4) is 0 Å². The van der Waals surface area contributed by atoms with E-state index in [1.165, 1.54) is 0 Å². The number of amides is 1. The summed E-state index contributed by atoms with van der Waals surface area (Å²) in [5.41, 5.74) is -1.58.